The van der Waals surface area contributed by atoms with Gasteiger partial charge in [-0.25, -0.2) is 12.4 Å². The van der Waals surface area contributed by atoms with E-state index in [0.717, 1.165) is 11.1 Å². The highest BCUT2D eigenvalue weighted by atomic mass is 32.2. The molecule has 0 unspecified atom stereocenters. The molecular formula is C26H22N2O4S. The van der Waals surface area contributed by atoms with Crippen molar-refractivity contribution in [2.24, 2.45) is 0 Å². The molecule has 1 N–H and O–H groups in total. The van der Waals surface area contributed by atoms with Gasteiger partial charge in [0.05, 0.1) is 16.1 Å². The van der Waals surface area contributed by atoms with Crippen LogP contribution in [0.3, 0.4) is 0 Å². The van der Waals surface area contributed by atoms with Gasteiger partial charge in [0.25, 0.3) is 10.0 Å². The maximum absolute atomic E-state index is 14.2. The molecule has 6 nitrogen and oxygen atoms in total. The normalized spacial score (nSPS) is 15.4. The van der Waals surface area contributed by atoms with E-state index in [2.05, 4.69) is 0 Å². The first-order chi connectivity index (χ1) is 15.7. The zero-order chi connectivity index (χ0) is 23.4. The fourth-order valence-corrected chi connectivity index (χ4v) is 6.13. The summed E-state index contributed by atoms with van der Waals surface area (Å²) in [5.74, 6) is -0.268. The van der Waals surface area contributed by atoms with Crippen molar-refractivity contribution >= 4 is 43.2 Å². The van der Waals surface area contributed by atoms with E-state index in [0.29, 0.717) is 16.3 Å². The summed E-state index contributed by atoms with van der Waals surface area (Å²) >= 11 is 0. The molecule has 1 aliphatic carbocycles. The second-order valence-electron chi connectivity index (χ2n) is 8.28. The van der Waals surface area contributed by atoms with E-state index in [4.69, 9.17) is 0 Å². The summed E-state index contributed by atoms with van der Waals surface area (Å²) in [5, 5.41) is 13.4. The Morgan fingerprint density at radius 1 is 0.879 bits per heavy atom. The van der Waals surface area contributed by atoms with Gasteiger partial charge in [0.15, 0.2) is 5.78 Å². The Kier molecular flexibility index (Phi) is 4.77. The molecule has 1 heterocycles. The fourth-order valence-electron chi connectivity index (χ4n) is 4.35. The molecule has 0 amide bonds. The van der Waals surface area contributed by atoms with Gasteiger partial charge in [0.1, 0.15) is 5.60 Å². The smallest absolute Gasteiger partial charge is 0.269 e. The standard InChI is InChI=1S/C26H22N2O4S/c1-27(2)23-11-5-9-21-20(23)8-6-12-24(21)33(31,32)28-22-10-4-3-7-18(22)17-25(28)26(30)15-13-19(29)14-16-26/h3-17,30H,1-2H3. The maximum atomic E-state index is 14.2. The zero-order valence-electron chi connectivity index (χ0n) is 18.1. The van der Waals surface area contributed by atoms with Crippen molar-refractivity contribution in [3.63, 3.8) is 0 Å². The van der Waals surface area contributed by atoms with E-state index in [1.807, 2.05) is 43.3 Å². The minimum Gasteiger partial charge on any atom is -0.377 e. The molecule has 1 aliphatic rings. The number of para-hydroxylation sites is 1. The predicted octanol–water partition coefficient (Wildman–Crippen LogP) is 3.98. The number of ketones is 1. The number of fused-ring (bicyclic) bond motifs is 2. The number of carbonyl (C=O) groups is 1. The highest BCUT2D eigenvalue weighted by Crippen LogP contribution is 2.37. The average Bonchev–Trinajstić information content (AvgIpc) is 3.21. The molecule has 0 saturated heterocycles. The van der Waals surface area contributed by atoms with Crippen LogP contribution in [0.15, 0.2) is 95.9 Å². The molecule has 33 heavy (non-hydrogen) atoms. The van der Waals surface area contributed by atoms with Crippen LogP contribution in [0.1, 0.15) is 5.69 Å². The summed E-state index contributed by atoms with van der Waals surface area (Å²) in [6.45, 7) is 0. The third-order valence-electron chi connectivity index (χ3n) is 5.94. The van der Waals surface area contributed by atoms with Gasteiger partial charge in [-0.1, -0.05) is 42.5 Å². The second kappa shape index (κ2) is 7.43. The Labute approximate surface area is 191 Å². The van der Waals surface area contributed by atoms with Crippen molar-refractivity contribution < 1.29 is 18.3 Å². The molecule has 166 valence electrons. The monoisotopic (exact) mass is 458 g/mol. The summed E-state index contributed by atoms with van der Waals surface area (Å²) in [6.07, 6.45) is 5.14. The van der Waals surface area contributed by atoms with Crippen LogP contribution in [0.5, 0.6) is 0 Å². The van der Waals surface area contributed by atoms with Gasteiger partial charge in [-0.05, 0) is 48.6 Å². The highest BCUT2D eigenvalue weighted by Gasteiger charge is 2.35. The van der Waals surface area contributed by atoms with Crippen LogP contribution in [0.4, 0.5) is 5.69 Å². The van der Waals surface area contributed by atoms with Gasteiger partial charge in [-0.3, -0.25) is 4.79 Å². The van der Waals surface area contributed by atoms with E-state index >= 15 is 0 Å². The second-order valence-corrected chi connectivity index (χ2v) is 10.0. The number of nitrogens with zero attached hydrogens (tertiary/aromatic N) is 2. The SMILES string of the molecule is CN(C)c1cccc2c(S(=O)(=O)n3c(C4(O)C=CC(=O)C=C4)cc4ccccc43)cccc12. The molecular weight excluding hydrogens is 436 g/mol. The van der Waals surface area contributed by atoms with E-state index in [1.165, 1.54) is 28.3 Å². The highest BCUT2D eigenvalue weighted by molar-refractivity contribution is 7.90. The third-order valence-corrected chi connectivity index (χ3v) is 7.73. The molecule has 1 aromatic heterocycles. The molecule has 3 aromatic carbocycles. The number of aromatic nitrogens is 1. The van der Waals surface area contributed by atoms with Crippen molar-refractivity contribution in [1.29, 1.82) is 0 Å². The number of anilines is 1. The van der Waals surface area contributed by atoms with Crippen molar-refractivity contribution in [2.75, 3.05) is 19.0 Å². The minimum atomic E-state index is -4.14. The lowest BCUT2D eigenvalue weighted by atomic mass is 9.94. The number of benzene rings is 3. The number of hydrogen-bond donors (Lipinski definition) is 1. The van der Waals surface area contributed by atoms with E-state index < -0.39 is 15.6 Å². The first kappa shape index (κ1) is 21.2. The van der Waals surface area contributed by atoms with Crippen LogP contribution in [-0.4, -0.2) is 37.4 Å². The number of carbonyl (C=O) groups excluding carboxylic acids is 1. The largest absolute Gasteiger partial charge is 0.377 e. The Hall–Kier alpha value is -3.68. The van der Waals surface area contributed by atoms with Crippen molar-refractivity contribution in [2.45, 2.75) is 10.5 Å². The molecule has 0 atom stereocenters. The lowest BCUT2D eigenvalue weighted by Crippen LogP contribution is -2.29. The molecule has 0 fully saturated rings. The average molecular weight is 459 g/mol. The van der Waals surface area contributed by atoms with Gasteiger partial charge in [0, 0.05) is 35.9 Å². The first-order valence-corrected chi connectivity index (χ1v) is 11.9. The molecule has 7 heteroatoms. The topological polar surface area (TPSA) is 79.6 Å². The van der Waals surface area contributed by atoms with E-state index in [-0.39, 0.29) is 16.4 Å². The van der Waals surface area contributed by atoms with Crippen LogP contribution < -0.4 is 4.90 Å². The fraction of sp³-hybridized carbons (Fsp3) is 0.115. The van der Waals surface area contributed by atoms with Gasteiger partial charge < -0.3 is 10.0 Å². The Bertz CT molecular complexity index is 1580. The summed E-state index contributed by atoms with van der Waals surface area (Å²) < 4.78 is 29.6. The van der Waals surface area contributed by atoms with Crippen LogP contribution in [0.2, 0.25) is 0 Å². The van der Waals surface area contributed by atoms with Crippen LogP contribution in [-0.2, 0) is 20.4 Å². The summed E-state index contributed by atoms with van der Waals surface area (Å²) in [7, 11) is -0.320. The van der Waals surface area contributed by atoms with Crippen LogP contribution in [0, 0.1) is 0 Å². The number of hydrogen-bond acceptors (Lipinski definition) is 5. The maximum Gasteiger partial charge on any atom is 0.269 e. The van der Waals surface area contributed by atoms with Crippen molar-refractivity contribution in [3.8, 4) is 0 Å². The van der Waals surface area contributed by atoms with Crippen LogP contribution >= 0.6 is 0 Å². The van der Waals surface area contributed by atoms with E-state index in [9.17, 15) is 18.3 Å². The molecule has 0 radical (unpaired) electrons. The van der Waals surface area contributed by atoms with Crippen LogP contribution in [0.25, 0.3) is 21.7 Å². The molecule has 0 aliphatic heterocycles. The quantitative estimate of drug-likeness (QED) is 0.500. The van der Waals surface area contributed by atoms with E-state index in [1.54, 1.807) is 42.5 Å². The zero-order valence-corrected chi connectivity index (χ0v) is 19.0. The van der Waals surface area contributed by atoms with Gasteiger partial charge in [0.2, 0.25) is 0 Å². The number of aliphatic hydroxyl groups is 1. The summed E-state index contributed by atoms with van der Waals surface area (Å²) in [6, 6.07) is 19.5. The number of rotatable bonds is 4. The molecule has 5 rings (SSSR count). The minimum absolute atomic E-state index is 0.134. The molecule has 0 saturated carbocycles. The summed E-state index contributed by atoms with van der Waals surface area (Å²) in [4.78, 5) is 13.7. The summed E-state index contributed by atoms with van der Waals surface area (Å²) in [5.41, 5.74) is -0.262. The van der Waals surface area contributed by atoms with Crippen molar-refractivity contribution in [1.82, 2.24) is 3.97 Å². The molecule has 0 spiro atoms. The number of allylic oxidation sites excluding steroid dienone is 2. The Morgan fingerprint density at radius 3 is 2.27 bits per heavy atom. The Balaban J connectivity index is 1.84. The Morgan fingerprint density at radius 2 is 1.55 bits per heavy atom. The van der Waals surface area contributed by atoms with Crippen molar-refractivity contribution in [3.05, 3.63) is 96.7 Å². The lowest BCUT2D eigenvalue weighted by molar-refractivity contribution is -0.110. The molecule has 0 bridgehead atoms. The molecule has 4 aromatic rings. The predicted molar refractivity (Wildman–Crippen MR) is 130 cm³/mol. The van der Waals surface area contributed by atoms with Gasteiger partial charge in [-0.2, -0.15) is 0 Å². The van der Waals surface area contributed by atoms with Gasteiger partial charge >= 0.3 is 0 Å². The lowest BCUT2D eigenvalue weighted by Gasteiger charge is -2.25. The van der Waals surface area contributed by atoms with Gasteiger partial charge in [-0.15, -0.1) is 0 Å². The third kappa shape index (κ3) is 3.28. The first-order valence-electron chi connectivity index (χ1n) is 10.4.